The molecule has 2 atom stereocenters. The van der Waals surface area contributed by atoms with E-state index in [1.54, 1.807) is 0 Å². The standard InChI is InChI=1S/C19H26BrNO2/c1-5-6-16(20)19(23)14-7-8-17-15(11-14)10-13(4)21(17)18(22)9-12(2)3/h7-8,11-13,16H,5-6,9-10H2,1-4H3. The molecule has 0 saturated heterocycles. The number of benzene rings is 1. The summed E-state index contributed by atoms with van der Waals surface area (Å²) in [5, 5.41) is 0. The SMILES string of the molecule is CCCC(Br)C(=O)c1ccc2c(c1)CC(C)N2C(=O)CC(C)C. The molecule has 2 rings (SSSR count). The number of amides is 1. The normalized spacial score (nSPS) is 18.2. The van der Waals surface area contributed by atoms with Crippen molar-refractivity contribution in [1.29, 1.82) is 0 Å². The molecular weight excluding hydrogens is 354 g/mol. The molecule has 3 nitrogen and oxygen atoms in total. The lowest BCUT2D eigenvalue weighted by Crippen LogP contribution is -2.36. The zero-order valence-corrected chi connectivity index (χ0v) is 16.0. The van der Waals surface area contributed by atoms with Crippen LogP contribution in [0.1, 0.15) is 62.9 Å². The van der Waals surface area contributed by atoms with Gasteiger partial charge < -0.3 is 4.90 Å². The lowest BCUT2D eigenvalue weighted by atomic mass is 10.0. The monoisotopic (exact) mass is 379 g/mol. The fraction of sp³-hybridized carbons (Fsp3) is 0.579. The van der Waals surface area contributed by atoms with E-state index < -0.39 is 0 Å². The van der Waals surface area contributed by atoms with Crippen LogP contribution in [0.3, 0.4) is 0 Å². The molecule has 4 heteroatoms. The Labute approximate surface area is 147 Å². The van der Waals surface area contributed by atoms with Gasteiger partial charge in [0.15, 0.2) is 5.78 Å². The van der Waals surface area contributed by atoms with Crippen molar-refractivity contribution in [3.8, 4) is 0 Å². The number of ketones is 1. The van der Waals surface area contributed by atoms with E-state index in [4.69, 9.17) is 0 Å². The van der Waals surface area contributed by atoms with E-state index in [0.717, 1.165) is 36.1 Å². The first kappa shape index (κ1) is 18.2. The number of rotatable bonds is 6. The van der Waals surface area contributed by atoms with Gasteiger partial charge in [-0.15, -0.1) is 0 Å². The summed E-state index contributed by atoms with van der Waals surface area (Å²) in [5.74, 6) is 0.659. The maximum absolute atomic E-state index is 12.5. The van der Waals surface area contributed by atoms with Gasteiger partial charge >= 0.3 is 0 Å². The lowest BCUT2D eigenvalue weighted by Gasteiger charge is -2.23. The van der Waals surface area contributed by atoms with Crippen LogP contribution >= 0.6 is 15.9 Å². The first-order valence-electron chi connectivity index (χ1n) is 8.48. The topological polar surface area (TPSA) is 37.4 Å². The molecule has 2 unspecified atom stereocenters. The Morgan fingerprint density at radius 3 is 2.65 bits per heavy atom. The highest BCUT2D eigenvalue weighted by molar-refractivity contribution is 9.10. The number of nitrogens with zero attached hydrogens (tertiary/aromatic N) is 1. The first-order chi connectivity index (χ1) is 10.8. The molecule has 1 heterocycles. The number of hydrogen-bond donors (Lipinski definition) is 0. The number of halogens is 1. The quantitative estimate of drug-likeness (QED) is 0.527. The summed E-state index contributed by atoms with van der Waals surface area (Å²) in [6.45, 7) is 8.27. The predicted octanol–water partition coefficient (Wildman–Crippen LogP) is 4.76. The number of carbonyl (C=O) groups is 2. The average molecular weight is 380 g/mol. The second kappa shape index (κ2) is 7.61. The molecule has 23 heavy (non-hydrogen) atoms. The summed E-state index contributed by atoms with van der Waals surface area (Å²) in [7, 11) is 0. The van der Waals surface area contributed by atoms with Gasteiger partial charge in [0, 0.05) is 23.7 Å². The van der Waals surface area contributed by atoms with Gasteiger partial charge in [-0.1, -0.05) is 43.1 Å². The van der Waals surface area contributed by atoms with Crippen LogP contribution in [0.25, 0.3) is 0 Å². The van der Waals surface area contributed by atoms with E-state index in [0.29, 0.717) is 12.3 Å². The highest BCUT2D eigenvalue weighted by Crippen LogP contribution is 2.34. The van der Waals surface area contributed by atoms with Crippen LogP contribution in [0.2, 0.25) is 0 Å². The van der Waals surface area contributed by atoms with Gasteiger partial charge in [-0.25, -0.2) is 0 Å². The van der Waals surface area contributed by atoms with Crippen LogP contribution in [0.4, 0.5) is 5.69 Å². The van der Waals surface area contributed by atoms with Gasteiger partial charge in [-0.2, -0.15) is 0 Å². The molecule has 0 aromatic heterocycles. The van der Waals surface area contributed by atoms with Crippen molar-refractivity contribution < 1.29 is 9.59 Å². The van der Waals surface area contributed by atoms with Crippen LogP contribution in [-0.2, 0) is 11.2 Å². The summed E-state index contributed by atoms with van der Waals surface area (Å²) in [4.78, 5) is 26.7. The number of alkyl halides is 1. The third kappa shape index (κ3) is 4.03. The molecule has 1 aromatic rings. The maximum Gasteiger partial charge on any atom is 0.227 e. The number of Topliss-reactive ketones (excluding diaryl/α,β-unsaturated/α-hetero) is 1. The van der Waals surface area contributed by atoms with E-state index in [-0.39, 0.29) is 22.6 Å². The van der Waals surface area contributed by atoms with Crippen LogP contribution in [-0.4, -0.2) is 22.6 Å². The first-order valence-corrected chi connectivity index (χ1v) is 9.40. The second-order valence-corrected chi connectivity index (χ2v) is 7.98. The van der Waals surface area contributed by atoms with Crippen LogP contribution in [0.15, 0.2) is 18.2 Å². The van der Waals surface area contributed by atoms with Crippen molar-refractivity contribution in [2.75, 3.05) is 4.90 Å². The summed E-state index contributed by atoms with van der Waals surface area (Å²) in [6, 6.07) is 5.94. The van der Waals surface area contributed by atoms with Gasteiger partial charge in [0.1, 0.15) is 0 Å². The molecule has 0 spiro atoms. The summed E-state index contributed by atoms with van der Waals surface area (Å²) >= 11 is 3.48. The zero-order valence-electron chi connectivity index (χ0n) is 14.4. The summed E-state index contributed by atoms with van der Waals surface area (Å²) in [5.41, 5.74) is 2.82. The van der Waals surface area contributed by atoms with Crippen molar-refractivity contribution in [1.82, 2.24) is 0 Å². The van der Waals surface area contributed by atoms with Gasteiger partial charge in [-0.05, 0) is 49.4 Å². The molecular formula is C19H26BrNO2. The molecule has 1 aliphatic rings. The average Bonchev–Trinajstić information content (AvgIpc) is 2.80. The Hall–Kier alpha value is -1.16. The molecule has 1 aromatic carbocycles. The third-order valence-electron chi connectivity index (χ3n) is 4.26. The van der Waals surface area contributed by atoms with Crippen molar-refractivity contribution in [3.05, 3.63) is 29.3 Å². The van der Waals surface area contributed by atoms with Crippen molar-refractivity contribution in [3.63, 3.8) is 0 Å². The minimum atomic E-state index is -0.122. The van der Waals surface area contributed by atoms with Crippen molar-refractivity contribution >= 4 is 33.3 Å². The Balaban J connectivity index is 2.24. The molecule has 0 radical (unpaired) electrons. The minimum absolute atomic E-state index is 0.122. The van der Waals surface area contributed by atoms with E-state index in [9.17, 15) is 9.59 Å². The van der Waals surface area contributed by atoms with E-state index in [1.165, 1.54) is 0 Å². The minimum Gasteiger partial charge on any atom is -0.309 e. The molecule has 0 fully saturated rings. The van der Waals surface area contributed by atoms with E-state index >= 15 is 0 Å². The highest BCUT2D eigenvalue weighted by atomic mass is 79.9. The summed E-state index contributed by atoms with van der Waals surface area (Å²) < 4.78 is 0. The highest BCUT2D eigenvalue weighted by Gasteiger charge is 2.31. The fourth-order valence-electron chi connectivity index (χ4n) is 3.18. The molecule has 0 aliphatic carbocycles. The van der Waals surface area contributed by atoms with Crippen LogP contribution < -0.4 is 4.90 Å². The number of anilines is 1. The third-order valence-corrected chi connectivity index (χ3v) is 5.13. The number of carbonyl (C=O) groups excluding carboxylic acids is 2. The van der Waals surface area contributed by atoms with Gasteiger partial charge in [0.2, 0.25) is 5.91 Å². The van der Waals surface area contributed by atoms with Crippen LogP contribution in [0, 0.1) is 5.92 Å². The summed E-state index contributed by atoms with van der Waals surface area (Å²) in [6.07, 6.45) is 3.19. The fourth-order valence-corrected chi connectivity index (χ4v) is 3.90. The van der Waals surface area contributed by atoms with Gasteiger partial charge in [0.05, 0.1) is 4.83 Å². The van der Waals surface area contributed by atoms with Crippen LogP contribution in [0.5, 0.6) is 0 Å². The van der Waals surface area contributed by atoms with Crippen molar-refractivity contribution in [2.45, 2.75) is 64.2 Å². The maximum atomic E-state index is 12.5. The largest absolute Gasteiger partial charge is 0.309 e. The van der Waals surface area contributed by atoms with Gasteiger partial charge in [0.25, 0.3) is 0 Å². The molecule has 126 valence electrons. The molecule has 1 aliphatic heterocycles. The predicted molar refractivity (Wildman–Crippen MR) is 98.5 cm³/mol. The molecule has 0 bridgehead atoms. The van der Waals surface area contributed by atoms with Crippen molar-refractivity contribution in [2.24, 2.45) is 5.92 Å². The Bertz CT molecular complexity index is 597. The van der Waals surface area contributed by atoms with Gasteiger partial charge in [-0.3, -0.25) is 9.59 Å². The lowest BCUT2D eigenvalue weighted by molar-refractivity contribution is -0.119. The number of fused-ring (bicyclic) bond motifs is 1. The molecule has 0 N–H and O–H groups in total. The smallest absolute Gasteiger partial charge is 0.227 e. The Morgan fingerprint density at radius 2 is 2.04 bits per heavy atom. The molecule has 0 saturated carbocycles. The zero-order chi connectivity index (χ0) is 17.1. The Kier molecular flexibility index (Phi) is 6.01. The molecule has 1 amide bonds. The Morgan fingerprint density at radius 1 is 1.35 bits per heavy atom. The number of hydrogen-bond acceptors (Lipinski definition) is 2. The second-order valence-electron chi connectivity index (χ2n) is 6.88. The van der Waals surface area contributed by atoms with E-state index in [2.05, 4.69) is 43.6 Å². The van der Waals surface area contributed by atoms with E-state index in [1.807, 2.05) is 23.1 Å².